The summed E-state index contributed by atoms with van der Waals surface area (Å²) < 4.78 is 0. The lowest BCUT2D eigenvalue weighted by Crippen LogP contribution is -2.37. The first-order valence-electron chi connectivity index (χ1n) is 6.10. The first-order chi connectivity index (χ1) is 9.22. The SMILES string of the molecule is S=C1Nc2ccc(Cl)cc2CN1Cc1ccccc1. The van der Waals surface area contributed by atoms with E-state index in [1.165, 1.54) is 11.1 Å². The number of rotatable bonds is 2. The minimum atomic E-state index is 0.757. The second kappa shape index (κ2) is 5.19. The molecule has 2 nitrogen and oxygen atoms in total. The fraction of sp³-hybridized carbons (Fsp3) is 0.133. The summed E-state index contributed by atoms with van der Waals surface area (Å²) in [5.74, 6) is 0. The van der Waals surface area contributed by atoms with Gasteiger partial charge in [0.1, 0.15) is 0 Å². The number of nitrogens with zero attached hydrogens (tertiary/aromatic N) is 1. The zero-order chi connectivity index (χ0) is 13.2. The molecule has 1 heterocycles. The van der Waals surface area contributed by atoms with Gasteiger partial charge in [-0.3, -0.25) is 0 Å². The predicted molar refractivity (Wildman–Crippen MR) is 83.4 cm³/mol. The molecule has 1 aliphatic rings. The van der Waals surface area contributed by atoms with Gasteiger partial charge in [-0.05, 0) is 41.5 Å². The van der Waals surface area contributed by atoms with Crippen molar-refractivity contribution in [3.8, 4) is 0 Å². The third-order valence-corrected chi connectivity index (χ3v) is 3.77. The lowest BCUT2D eigenvalue weighted by molar-refractivity contribution is 0.407. The van der Waals surface area contributed by atoms with E-state index in [9.17, 15) is 0 Å². The second-order valence-electron chi connectivity index (χ2n) is 4.57. The molecule has 4 heteroatoms. The van der Waals surface area contributed by atoms with Gasteiger partial charge in [-0.15, -0.1) is 0 Å². The van der Waals surface area contributed by atoms with Gasteiger partial charge in [-0.2, -0.15) is 0 Å². The molecule has 0 bridgehead atoms. The molecule has 0 atom stereocenters. The molecule has 2 aromatic carbocycles. The van der Waals surface area contributed by atoms with Gasteiger partial charge >= 0.3 is 0 Å². The Labute approximate surface area is 123 Å². The van der Waals surface area contributed by atoms with Crippen LogP contribution in [0.15, 0.2) is 48.5 Å². The van der Waals surface area contributed by atoms with Crippen molar-refractivity contribution in [1.82, 2.24) is 4.90 Å². The van der Waals surface area contributed by atoms with Crippen LogP contribution in [0, 0.1) is 0 Å². The van der Waals surface area contributed by atoms with Crippen molar-refractivity contribution in [3.63, 3.8) is 0 Å². The number of benzene rings is 2. The van der Waals surface area contributed by atoms with E-state index in [1.807, 2.05) is 36.4 Å². The Kier molecular flexibility index (Phi) is 3.40. The second-order valence-corrected chi connectivity index (χ2v) is 5.40. The van der Waals surface area contributed by atoms with Gasteiger partial charge in [-0.1, -0.05) is 41.9 Å². The number of nitrogens with one attached hydrogen (secondary N) is 1. The molecular weight excluding hydrogens is 276 g/mol. The van der Waals surface area contributed by atoms with Gasteiger partial charge in [0.15, 0.2) is 5.11 Å². The molecule has 1 aliphatic heterocycles. The van der Waals surface area contributed by atoms with Gasteiger partial charge < -0.3 is 10.2 Å². The van der Waals surface area contributed by atoms with Crippen LogP contribution in [0.2, 0.25) is 5.02 Å². The van der Waals surface area contributed by atoms with Crippen molar-refractivity contribution >= 4 is 34.6 Å². The van der Waals surface area contributed by atoms with Gasteiger partial charge in [0, 0.05) is 23.8 Å². The maximum atomic E-state index is 6.04. The van der Waals surface area contributed by atoms with Crippen LogP contribution in [-0.4, -0.2) is 10.0 Å². The minimum absolute atomic E-state index is 0.757. The Balaban J connectivity index is 1.83. The first kappa shape index (κ1) is 12.5. The van der Waals surface area contributed by atoms with E-state index < -0.39 is 0 Å². The van der Waals surface area contributed by atoms with E-state index in [4.69, 9.17) is 23.8 Å². The van der Waals surface area contributed by atoms with E-state index in [0.717, 1.165) is 28.9 Å². The molecule has 19 heavy (non-hydrogen) atoms. The Morgan fingerprint density at radius 2 is 1.95 bits per heavy atom. The molecule has 96 valence electrons. The van der Waals surface area contributed by atoms with Crippen LogP contribution in [0.3, 0.4) is 0 Å². The summed E-state index contributed by atoms with van der Waals surface area (Å²) in [5, 5.41) is 4.78. The Morgan fingerprint density at radius 3 is 2.74 bits per heavy atom. The fourth-order valence-electron chi connectivity index (χ4n) is 2.22. The number of hydrogen-bond donors (Lipinski definition) is 1. The highest BCUT2D eigenvalue weighted by atomic mass is 35.5. The molecule has 0 unspecified atom stereocenters. The summed E-state index contributed by atoms with van der Waals surface area (Å²) in [5.41, 5.74) is 3.48. The Bertz CT molecular complexity index is 613. The molecule has 0 saturated carbocycles. The Hall–Kier alpha value is -1.58. The highest BCUT2D eigenvalue weighted by Crippen LogP contribution is 2.27. The molecule has 0 aromatic heterocycles. The van der Waals surface area contributed by atoms with E-state index >= 15 is 0 Å². The predicted octanol–water partition coefficient (Wildman–Crippen LogP) is 4.05. The molecule has 3 rings (SSSR count). The summed E-state index contributed by atoms with van der Waals surface area (Å²) >= 11 is 11.5. The van der Waals surface area contributed by atoms with Crippen molar-refractivity contribution in [2.24, 2.45) is 0 Å². The van der Waals surface area contributed by atoms with Crippen LogP contribution < -0.4 is 5.32 Å². The van der Waals surface area contributed by atoms with Crippen LogP contribution in [0.25, 0.3) is 0 Å². The lowest BCUT2D eigenvalue weighted by atomic mass is 10.1. The third-order valence-electron chi connectivity index (χ3n) is 3.17. The van der Waals surface area contributed by atoms with E-state index in [-0.39, 0.29) is 0 Å². The molecule has 0 fully saturated rings. The summed E-state index contributed by atoms with van der Waals surface area (Å²) in [6, 6.07) is 16.2. The highest BCUT2D eigenvalue weighted by Gasteiger charge is 2.19. The summed E-state index contributed by atoms with van der Waals surface area (Å²) in [6.07, 6.45) is 0. The molecule has 0 spiro atoms. The zero-order valence-electron chi connectivity index (χ0n) is 10.3. The van der Waals surface area contributed by atoms with Crippen LogP contribution >= 0.6 is 23.8 Å². The standard InChI is InChI=1S/C15H13ClN2S/c16-13-6-7-14-12(8-13)10-18(15(19)17-14)9-11-4-2-1-3-5-11/h1-8H,9-10H2,(H,17,19). The minimum Gasteiger partial charge on any atom is -0.340 e. The van der Waals surface area contributed by atoms with Gasteiger partial charge in [0.05, 0.1) is 0 Å². The zero-order valence-corrected chi connectivity index (χ0v) is 11.8. The maximum absolute atomic E-state index is 6.04. The van der Waals surface area contributed by atoms with E-state index in [0.29, 0.717) is 0 Å². The topological polar surface area (TPSA) is 15.3 Å². The monoisotopic (exact) mass is 288 g/mol. The molecular formula is C15H13ClN2S. The molecule has 0 saturated heterocycles. The molecule has 0 radical (unpaired) electrons. The van der Waals surface area contributed by atoms with Gasteiger partial charge in [-0.25, -0.2) is 0 Å². The Morgan fingerprint density at radius 1 is 1.16 bits per heavy atom. The van der Waals surface area contributed by atoms with Crippen molar-refractivity contribution < 1.29 is 0 Å². The van der Waals surface area contributed by atoms with Crippen molar-refractivity contribution in [2.75, 3.05) is 5.32 Å². The van der Waals surface area contributed by atoms with Crippen molar-refractivity contribution in [3.05, 3.63) is 64.7 Å². The van der Waals surface area contributed by atoms with Crippen LogP contribution in [0.4, 0.5) is 5.69 Å². The number of thiocarbonyl (C=S) groups is 1. The fourth-order valence-corrected chi connectivity index (χ4v) is 2.65. The largest absolute Gasteiger partial charge is 0.340 e. The van der Waals surface area contributed by atoms with Crippen LogP contribution in [-0.2, 0) is 13.1 Å². The number of anilines is 1. The molecule has 1 N–H and O–H groups in total. The van der Waals surface area contributed by atoms with Gasteiger partial charge in [0.25, 0.3) is 0 Å². The summed E-state index contributed by atoms with van der Waals surface area (Å²) in [4.78, 5) is 2.14. The van der Waals surface area contributed by atoms with Crippen LogP contribution in [0.5, 0.6) is 0 Å². The molecule has 0 amide bonds. The quantitative estimate of drug-likeness (QED) is 0.839. The first-order valence-corrected chi connectivity index (χ1v) is 6.89. The maximum Gasteiger partial charge on any atom is 0.174 e. The summed E-state index contributed by atoms with van der Waals surface area (Å²) in [7, 11) is 0. The van der Waals surface area contributed by atoms with Gasteiger partial charge in [0.2, 0.25) is 0 Å². The highest BCUT2D eigenvalue weighted by molar-refractivity contribution is 7.80. The van der Waals surface area contributed by atoms with E-state index in [1.54, 1.807) is 0 Å². The third kappa shape index (κ3) is 2.72. The normalized spacial score (nSPS) is 13.9. The van der Waals surface area contributed by atoms with E-state index in [2.05, 4.69) is 22.3 Å². The number of hydrogen-bond acceptors (Lipinski definition) is 1. The average Bonchev–Trinajstić information content (AvgIpc) is 2.41. The van der Waals surface area contributed by atoms with Crippen molar-refractivity contribution in [2.45, 2.75) is 13.1 Å². The molecule has 0 aliphatic carbocycles. The average molecular weight is 289 g/mol. The molecule has 2 aromatic rings. The summed E-state index contributed by atoms with van der Waals surface area (Å²) in [6.45, 7) is 1.59. The smallest absolute Gasteiger partial charge is 0.174 e. The van der Waals surface area contributed by atoms with Crippen molar-refractivity contribution in [1.29, 1.82) is 0 Å². The van der Waals surface area contributed by atoms with Crippen LogP contribution in [0.1, 0.15) is 11.1 Å². The lowest BCUT2D eigenvalue weighted by Gasteiger charge is -2.32. The number of halogens is 1. The number of fused-ring (bicyclic) bond motifs is 1.